The number of benzene rings is 1. The van der Waals surface area contributed by atoms with Crippen LogP contribution in [0.5, 0.6) is 0 Å². The molecule has 1 aromatic carbocycles. The number of hydrogen-bond acceptors (Lipinski definition) is 6. The van der Waals surface area contributed by atoms with Gasteiger partial charge in [0.15, 0.2) is 9.84 Å². The van der Waals surface area contributed by atoms with Gasteiger partial charge in [0.05, 0.1) is 4.90 Å². The molecule has 0 spiro atoms. The molecule has 0 saturated carbocycles. The van der Waals surface area contributed by atoms with E-state index >= 15 is 0 Å². The van der Waals surface area contributed by atoms with E-state index in [0.717, 1.165) is 18.4 Å². The summed E-state index contributed by atoms with van der Waals surface area (Å²) in [6.07, 6.45) is 0.871. The van der Waals surface area contributed by atoms with Gasteiger partial charge in [0.25, 0.3) is 10.0 Å². The average Bonchev–Trinajstić information content (AvgIpc) is 2.35. The Balaban J connectivity index is 3.20. The lowest BCUT2D eigenvalue weighted by Gasteiger charge is -2.09. The Morgan fingerprint density at radius 3 is 2.16 bits per heavy atom. The molecule has 0 unspecified atom stereocenters. The first kappa shape index (κ1) is 15.6. The molecule has 0 aromatic heterocycles. The van der Waals surface area contributed by atoms with Crippen LogP contribution in [0.3, 0.4) is 0 Å². The molecule has 106 valence electrons. The number of sulfone groups is 1. The topological polar surface area (TPSA) is 107 Å². The number of rotatable bonds is 5. The Morgan fingerprint density at radius 2 is 1.68 bits per heavy atom. The number of carbonyl (C=O) groups is 1. The summed E-state index contributed by atoms with van der Waals surface area (Å²) in [5, 5.41) is 0. The fourth-order valence-corrected chi connectivity index (χ4v) is 3.62. The molecule has 0 aliphatic carbocycles. The van der Waals surface area contributed by atoms with Gasteiger partial charge in [0, 0.05) is 12.7 Å². The highest BCUT2D eigenvalue weighted by atomic mass is 32.2. The molecule has 7 nitrogen and oxygen atoms in total. The second-order valence-electron chi connectivity index (χ2n) is 3.63. The Morgan fingerprint density at radius 1 is 1.16 bits per heavy atom. The van der Waals surface area contributed by atoms with Crippen LogP contribution in [-0.2, 0) is 29.5 Å². The van der Waals surface area contributed by atoms with Gasteiger partial charge < -0.3 is 4.84 Å². The second-order valence-corrected chi connectivity index (χ2v) is 7.23. The summed E-state index contributed by atoms with van der Waals surface area (Å²) in [6.45, 7) is 1.49. The Bertz CT molecular complexity index is 678. The van der Waals surface area contributed by atoms with Crippen molar-refractivity contribution in [1.82, 2.24) is 4.89 Å². The zero-order chi connectivity index (χ0) is 14.7. The number of hydrogen-bond donors (Lipinski definition) is 1. The predicted molar refractivity (Wildman–Crippen MR) is 66.3 cm³/mol. The van der Waals surface area contributed by atoms with Crippen LogP contribution in [0.15, 0.2) is 34.1 Å². The van der Waals surface area contributed by atoms with Gasteiger partial charge in [-0.05, 0) is 17.0 Å². The molecule has 1 N–H and O–H groups in total. The minimum absolute atomic E-state index is 0.0176. The molecule has 0 saturated heterocycles. The van der Waals surface area contributed by atoms with E-state index in [1.807, 2.05) is 0 Å². The lowest BCUT2D eigenvalue weighted by atomic mass is 10.4. The molecule has 1 rings (SSSR count). The van der Waals surface area contributed by atoms with E-state index < -0.39 is 30.7 Å². The van der Waals surface area contributed by atoms with Crippen molar-refractivity contribution in [1.29, 1.82) is 0 Å². The Labute approximate surface area is 111 Å². The SMILES string of the molecule is CCC(=O)ONS(=O)(=O)c1ccccc1S(C)(=O)=O. The zero-order valence-electron chi connectivity index (χ0n) is 10.3. The van der Waals surface area contributed by atoms with Crippen molar-refractivity contribution in [3.63, 3.8) is 0 Å². The third-order valence-corrected chi connectivity index (χ3v) is 4.61. The third kappa shape index (κ3) is 4.01. The van der Waals surface area contributed by atoms with E-state index in [-0.39, 0.29) is 11.3 Å². The van der Waals surface area contributed by atoms with Crippen LogP contribution in [0.4, 0.5) is 0 Å². The summed E-state index contributed by atoms with van der Waals surface area (Å²) in [5.41, 5.74) is 0. The average molecular weight is 307 g/mol. The first-order valence-electron chi connectivity index (χ1n) is 5.19. The summed E-state index contributed by atoms with van der Waals surface area (Å²) in [5.74, 6) is -0.777. The van der Waals surface area contributed by atoms with Crippen molar-refractivity contribution in [2.45, 2.75) is 23.1 Å². The molecular weight excluding hydrogens is 294 g/mol. The van der Waals surface area contributed by atoms with Crippen molar-refractivity contribution >= 4 is 25.8 Å². The monoisotopic (exact) mass is 307 g/mol. The third-order valence-electron chi connectivity index (χ3n) is 2.09. The number of nitrogens with one attached hydrogen (secondary N) is 1. The smallest absolute Gasteiger partial charge is 0.325 e. The largest absolute Gasteiger partial charge is 0.356 e. The van der Waals surface area contributed by atoms with E-state index in [1.165, 1.54) is 19.1 Å². The van der Waals surface area contributed by atoms with Crippen LogP contribution in [0.25, 0.3) is 0 Å². The summed E-state index contributed by atoms with van der Waals surface area (Å²) < 4.78 is 46.7. The van der Waals surface area contributed by atoms with Crippen LogP contribution in [0, 0.1) is 0 Å². The molecule has 19 heavy (non-hydrogen) atoms. The van der Waals surface area contributed by atoms with Gasteiger partial charge in [-0.2, -0.15) is 0 Å². The fourth-order valence-electron chi connectivity index (χ4n) is 1.20. The normalized spacial score (nSPS) is 12.1. The standard InChI is InChI=1S/C10H13NO6S2/c1-3-10(12)17-11-19(15,16)9-7-5-4-6-8(9)18(2,13)14/h4-7,11H,3H2,1-2H3. The van der Waals surface area contributed by atoms with Crippen LogP contribution < -0.4 is 4.89 Å². The van der Waals surface area contributed by atoms with E-state index in [4.69, 9.17) is 0 Å². The first-order valence-corrected chi connectivity index (χ1v) is 8.56. The first-order chi connectivity index (χ1) is 8.68. The van der Waals surface area contributed by atoms with Crippen LogP contribution in [0.2, 0.25) is 0 Å². The maximum atomic E-state index is 11.9. The molecule has 0 aliphatic heterocycles. The Kier molecular flexibility index (Phi) is 4.66. The summed E-state index contributed by atoms with van der Waals surface area (Å²) >= 11 is 0. The molecule has 0 fully saturated rings. The molecule has 0 aliphatic rings. The summed E-state index contributed by atoms with van der Waals surface area (Å²) in [4.78, 5) is 16.0. The maximum absolute atomic E-state index is 11.9. The second kappa shape index (κ2) is 5.68. The van der Waals surface area contributed by atoms with Gasteiger partial charge in [-0.15, -0.1) is 0 Å². The predicted octanol–water partition coefficient (Wildman–Crippen LogP) is 0.237. The highest BCUT2D eigenvalue weighted by Gasteiger charge is 2.24. The van der Waals surface area contributed by atoms with E-state index in [1.54, 1.807) is 4.89 Å². The van der Waals surface area contributed by atoms with Gasteiger partial charge in [0.2, 0.25) is 0 Å². The Hall–Kier alpha value is -1.45. The summed E-state index contributed by atoms with van der Waals surface area (Å²) in [6, 6.07) is 5.03. The van der Waals surface area contributed by atoms with Gasteiger partial charge in [-0.3, -0.25) is 4.79 Å². The van der Waals surface area contributed by atoms with Gasteiger partial charge in [-0.25, -0.2) is 16.8 Å². The number of sulfonamides is 1. The van der Waals surface area contributed by atoms with Crippen molar-refractivity contribution in [3.05, 3.63) is 24.3 Å². The highest BCUT2D eigenvalue weighted by Crippen LogP contribution is 2.20. The highest BCUT2D eigenvalue weighted by molar-refractivity contribution is 7.93. The zero-order valence-corrected chi connectivity index (χ0v) is 11.9. The molecule has 0 heterocycles. The molecular formula is C10H13NO6S2. The molecule has 0 atom stereocenters. The summed E-state index contributed by atoms with van der Waals surface area (Å²) in [7, 11) is -7.97. The maximum Gasteiger partial charge on any atom is 0.325 e. The molecule has 0 radical (unpaired) electrons. The van der Waals surface area contributed by atoms with Crippen molar-refractivity contribution in [2.24, 2.45) is 0 Å². The molecule has 0 bridgehead atoms. The lowest BCUT2D eigenvalue weighted by molar-refractivity contribution is -0.146. The van der Waals surface area contributed by atoms with Gasteiger partial charge >= 0.3 is 5.97 Å². The van der Waals surface area contributed by atoms with E-state index in [9.17, 15) is 21.6 Å². The fraction of sp³-hybridized carbons (Fsp3) is 0.300. The van der Waals surface area contributed by atoms with Gasteiger partial charge in [0.1, 0.15) is 4.90 Å². The molecule has 0 amide bonds. The van der Waals surface area contributed by atoms with Crippen LogP contribution >= 0.6 is 0 Å². The van der Waals surface area contributed by atoms with Gasteiger partial charge in [-0.1, -0.05) is 19.1 Å². The number of carbonyl (C=O) groups excluding carboxylic acids is 1. The van der Waals surface area contributed by atoms with Crippen molar-refractivity contribution < 1.29 is 26.5 Å². The lowest BCUT2D eigenvalue weighted by Crippen LogP contribution is -2.28. The molecule has 9 heteroatoms. The van der Waals surface area contributed by atoms with Crippen molar-refractivity contribution in [2.75, 3.05) is 6.26 Å². The van der Waals surface area contributed by atoms with E-state index in [0.29, 0.717) is 0 Å². The molecule has 1 aromatic rings. The minimum Gasteiger partial charge on any atom is -0.356 e. The van der Waals surface area contributed by atoms with E-state index in [2.05, 4.69) is 4.84 Å². The van der Waals surface area contributed by atoms with Crippen LogP contribution in [0.1, 0.15) is 13.3 Å². The van der Waals surface area contributed by atoms with Crippen molar-refractivity contribution in [3.8, 4) is 0 Å². The quantitative estimate of drug-likeness (QED) is 0.781. The van der Waals surface area contributed by atoms with Crippen LogP contribution in [-0.4, -0.2) is 29.1 Å². The minimum atomic E-state index is -4.25.